The summed E-state index contributed by atoms with van der Waals surface area (Å²) in [5, 5.41) is 9.14. The molecule has 2 atom stereocenters. The minimum Gasteiger partial charge on any atom is -0.492 e. The van der Waals surface area contributed by atoms with E-state index in [0.717, 1.165) is 28.9 Å². The minimum absolute atomic E-state index is 0.00974. The maximum Gasteiger partial charge on any atom is 0.304 e. The van der Waals surface area contributed by atoms with Crippen LogP contribution in [0.4, 0.5) is 0 Å². The lowest BCUT2D eigenvalue weighted by Gasteiger charge is -2.22. The Bertz CT molecular complexity index is 1250. The summed E-state index contributed by atoms with van der Waals surface area (Å²) in [5.41, 5.74) is 7.80. The molecule has 0 spiro atoms. The monoisotopic (exact) mass is 488 g/mol. The molecule has 2 heterocycles. The Morgan fingerprint density at radius 3 is 2.58 bits per heavy atom. The number of hydrogen-bond donors (Lipinski definition) is 1. The van der Waals surface area contributed by atoms with Crippen molar-refractivity contribution >= 4 is 5.97 Å². The third-order valence-electron chi connectivity index (χ3n) is 6.90. The SMILES string of the molecule is Cc1cc(C)c(-c2cccc(COc3ccc4c(c3)OC[C@H]4CC(=O)O)c2O[C@H]2CCOC2)c(C)c1. The van der Waals surface area contributed by atoms with Crippen molar-refractivity contribution in [2.24, 2.45) is 0 Å². The molecule has 36 heavy (non-hydrogen) atoms. The van der Waals surface area contributed by atoms with Gasteiger partial charge < -0.3 is 24.1 Å². The number of aliphatic carboxylic acids is 1. The van der Waals surface area contributed by atoms with Gasteiger partial charge in [0.1, 0.15) is 30.0 Å². The number of hydrogen-bond acceptors (Lipinski definition) is 5. The Labute approximate surface area is 211 Å². The number of ether oxygens (including phenoxy) is 4. The molecule has 0 bridgehead atoms. The van der Waals surface area contributed by atoms with Gasteiger partial charge in [0, 0.05) is 35.1 Å². The van der Waals surface area contributed by atoms with Crippen LogP contribution in [0.2, 0.25) is 0 Å². The zero-order chi connectivity index (χ0) is 25.2. The summed E-state index contributed by atoms with van der Waals surface area (Å²) >= 11 is 0. The fraction of sp³-hybridized carbons (Fsp3) is 0.367. The van der Waals surface area contributed by atoms with Crippen LogP contribution in [0, 0.1) is 20.8 Å². The fourth-order valence-corrected chi connectivity index (χ4v) is 5.30. The smallest absolute Gasteiger partial charge is 0.304 e. The average molecular weight is 489 g/mol. The van der Waals surface area contributed by atoms with E-state index < -0.39 is 5.97 Å². The molecule has 1 saturated heterocycles. The lowest BCUT2D eigenvalue weighted by atomic mass is 9.92. The van der Waals surface area contributed by atoms with Crippen molar-refractivity contribution in [2.45, 2.75) is 52.2 Å². The van der Waals surface area contributed by atoms with Gasteiger partial charge in [0.25, 0.3) is 0 Å². The topological polar surface area (TPSA) is 74.2 Å². The van der Waals surface area contributed by atoms with Crippen LogP contribution in [-0.2, 0) is 16.1 Å². The van der Waals surface area contributed by atoms with E-state index in [1.807, 2.05) is 30.3 Å². The molecular weight excluding hydrogens is 456 g/mol. The third kappa shape index (κ3) is 5.05. The van der Waals surface area contributed by atoms with Crippen LogP contribution in [0.15, 0.2) is 48.5 Å². The standard InChI is InChI=1S/C30H32O6/c1-18-11-19(2)29(20(3)12-18)26-6-4-5-21(30(26)36-24-9-10-33-17-24)15-34-23-7-8-25-22(13-28(31)32)16-35-27(25)14-23/h4-8,11-12,14,22,24H,9-10,13,15-17H2,1-3H3,(H,31,32)/t22-,24+/m1/s1. The second-order valence-corrected chi connectivity index (χ2v) is 9.77. The molecule has 0 unspecified atom stereocenters. The van der Waals surface area contributed by atoms with Crippen molar-refractivity contribution in [3.8, 4) is 28.4 Å². The summed E-state index contributed by atoms with van der Waals surface area (Å²) in [6.07, 6.45) is 0.930. The number of carboxylic acids is 1. The van der Waals surface area contributed by atoms with Crippen LogP contribution < -0.4 is 14.2 Å². The second-order valence-electron chi connectivity index (χ2n) is 9.77. The van der Waals surface area contributed by atoms with E-state index in [0.29, 0.717) is 37.9 Å². The van der Waals surface area contributed by atoms with E-state index in [2.05, 4.69) is 39.0 Å². The summed E-state index contributed by atoms with van der Waals surface area (Å²) in [5.74, 6) is 1.25. The van der Waals surface area contributed by atoms with Crippen LogP contribution in [0.1, 0.15) is 46.6 Å². The van der Waals surface area contributed by atoms with Gasteiger partial charge in [0.15, 0.2) is 0 Å². The van der Waals surface area contributed by atoms with Crippen LogP contribution >= 0.6 is 0 Å². The zero-order valence-electron chi connectivity index (χ0n) is 21.0. The quantitative estimate of drug-likeness (QED) is 0.421. The van der Waals surface area contributed by atoms with Crippen molar-refractivity contribution in [3.63, 3.8) is 0 Å². The molecule has 5 rings (SSSR count). The van der Waals surface area contributed by atoms with E-state index in [1.54, 1.807) is 0 Å². The van der Waals surface area contributed by atoms with E-state index in [-0.39, 0.29) is 18.4 Å². The van der Waals surface area contributed by atoms with Gasteiger partial charge in [-0.15, -0.1) is 0 Å². The molecule has 188 valence electrons. The molecule has 6 heteroatoms. The first-order valence-electron chi connectivity index (χ1n) is 12.4. The molecule has 3 aromatic carbocycles. The van der Waals surface area contributed by atoms with Crippen LogP contribution in [0.3, 0.4) is 0 Å². The first kappa shape index (κ1) is 24.2. The molecule has 0 radical (unpaired) electrons. The summed E-state index contributed by atoms with van der Waals surface area (Å²) < 4.78 is 24.1. The Kier molecular flexibility index (Phi) is 6.88. The van der Waals surface area contributed by atoms with Gasteiger partial charge in [-0.1, -0.05) is 42.0 Å². The predicted molar refractivity (Wildman–Crippen MR) is 137 cm³/mol. The van der Waals surface area contributed by atoms with Crippen molar-refractivity contribution in [1.82, 2.24) is 0 Å². The molecule has 2 aliphatic rings. The Morgan fingerprint density at radius 1 is 1.06 bits per heavy atom. The van der Waals surface area contributed by atoms with Gasteiger partial charge >= 0.3 is 5.97 Å². The van der Waals surface area contributed by atoms with Crippen LogP contribution in [-0.4, -0.2) is 37.0 Å². The zero-order valence-corrected chi connectivity index (χ0v) is 21.0. The van der Waals surface area contributed by atoms with Crippen molar-refractivity contribution in [1.29, 1.82) is 0 Å². The van der Waals surface area contributed by atoms with Crippen molar-refractivity contribution in [2.75, 3.05) is 19.8 Å². The molecule has 1 fully saturated rings. The molecule has 0 amide bonds. The molecule has 0 saturated carbocycles. The molecule has 2 aliphatic heterocycles. The van der Waals surface area contributed by atoms with Crippen molar-refractivity contribution in [3.05, 3.63) is 76.3 Å². The number of aryl methyl sites for hydroxylation is 3. The highest BCUT2D eigenvalue weighted by atomic mass is 16.5. The highest BCUT2D eigenvalue weighted by Crippen LogP contribution is 2.41. The molecular formula is C30H32O6. The molecule has 3 aromatic rings. The number of rotatable bonds is 8. The Morgan fingerprint density at radius 2 is 1.86 bits per heavy atom. The summed E-state index contributed by atoms with van der Waals surface area (Å²) in [6, 6.07) is 16.3. The van der Waals surface area contributed by atoms with Gasteiger partial charge in [-0.3, -0.25) is 4.79 Å². The summed E-state index contributed by atoms with van der Waals surface area (Å²) in [4.78, 5) is 11.1. The molecule has 6 nitrogen and oxygen atoms in total. The third-order valence-corrected chi connectivity index (χ3v) is 6.90. The number of carboxylic acid groups (broad SMARTS) is 1. The highest BCUT2D eigenvalue weighted by Gasteiger charge is 2.27. The Hall–Kier alpha value is -3.51. The van der Waals surface area contributed by atoms with Gasteiger partial charge in [-0.05, 0) is 43.5 Å². The molecule has 1 N–H and O–H groups in total. The maximum absolute atomic E-state index is 11.1. The fourth-order valence-electron chi connectivity index (χ4n) is 5.30. The van der Waals surface area contributed by atoms with E-state index >= 15 is 0 Å². The lowest BCUT2D eigenvalue weighted by Crippen LogP contribution is -2.18. The van der Waals surface area contributed by atoms with Crippen molar-refractivity contribution < 1.29 is 28.8 Å². The van der Waals surface area contributed by atoms with Gasteiger partial charge in [-0.2, -0.15) is 0 Å². The van der Waals surface area contributed by atoms with E-state index in [4.69, 9.17) is 24.1 Å². The average Bonchev–Trinajstić information content (AvgIpc) is 3.48. The van der Waals surface area contributed by atoms with Crippen LogP contribution in [0.25, 0.3) is 11.1 Å². The normalized spacial score (nSPS) is 18.5. The lowest BCUT2D eigenvalue weighted by molar-refractivity contribution is -0.137. The summed E-state index contributed by atoms with van der Waals surface area (Å²) in [7, 11) is 0. The van der Waals surface area contributed by atoms with Gasteiger partial charge in [0.2, 0.25) is 0 Å². The summed E-state index contributed by atoms with van der Waals surface area (Å²) in [6.45, 7) is 8.40. The number of carbonyl (C=O) groups is 1. The highest BCUT2D eigenvalue weighted by molar-refractivity contribution is 5.78. The molecule has 0 aliphatic carbocycles. The first-order chi connectivity index (χ1) is 17.4. The van der Waals surface area contributed by atoms with E-state index in [9.17, 15) is 4.79 Å². The van der Waals surface area contributed by atoms with Gasteiger partial charge in [-0.25, -0.2) is 0 Å². The second kappa shape index (κ2) is 10.2. The Balaban J connectivity index is 1.44. The van der Waals surface area contributed by atoms with Gasteiger partial charge in [0.05, 0.1) is 26.2 Å². The largest absolute Gasteiger partial charge is 0.492 e. The number of benzene rings is 3. The first-order valence-corrected chi connectivity index (χ1v) is 12.4. The predicted octanol–water partition coefficient (Wildman–Crippen LogP) is 5.98. The number of fused-ring (bicyclic) bond motifs is 1. The molecule has 0 aromatic heterocycles. The minimum atomic E-state index is -0.823. The van der Waals surface area contributed by atoms with Crippen LogP contribution in [0.5, 0.6) is 17.2 Å². The number of para-hydroxylation sites is 1. The van der Waals surface area contributed by atoms with E-state index in [1.165, 1.54) is 22.3 Å². The maximum atomic E-state index is 11.1.